The first kappa shape index (κ1) is 8.29. The van der Waals surface area contributed by atoms with Gasteiger partial charge < -0.3 is 0 Å². The maximum atomic E-state index is 10.5. The first-order valence-electron chi connectivity index (χ1n) is 2.42. The average Bonchev–Trinajstić information content (AvgIpc) is 1.62. The van der Waals surface area contributed by atoms with Gasteiger partial charge in [-0.3, -0.25) is 22.0 Å². The number of hydrogen-bond donors (Lipinski definition) is 3. The van der Waals surface area contributed by atoms with E-state index in [1.807, 2.05) is 0 Å². The lowest BCUT2D eigenvalue weighted by Crippen LogP contribution is -2.60. The molecule has 0 spiro atoms. The summed E-state index contributed by atoms with van der Waals surface area (Å²) >= 11 is 0. The highest BCUT2D eigenvalue weighted by atomic mass is 16.1. The molecule has 0 fully saturated rings. The van der Waals surface area contributed by atoms with E-state index in [2.05, 4.69) is 6.58 Å². The molecule has 0 aliphatic carbocycles. The Balaban J connectivity index is 4.23. The second-order valence-corrected chi connectivity index (χ2v) is 1.97. The number of ketones is 1. The van der Waals surface area contributed by atoms with E-state index >= 15 is 0 Å². The Morgan fingerprint density at radius 2 is 1.78 bits per heavy atom. The van der Waals surface area contributed by atoms with Gasteiger partial charge in [0.2, 0.25) is 0 Å². The van der Waals surface area contributed by atoms with E-state index in [1.165, 1.54) is 6.92 Å². The van der Waals surface area contributed by atoms with E-state index in [9.17, 15) is 4.79 Å². The van der Waals surface area contributed by atoms with E-state index in [0.717, 1.165) is 0 Å². The van der Waals surface area contributed by atoms with Crippen LogP contribution >= 0.6 is 0 Å². The Morgan fingerprint density at radius 1 is 1.44 bits per heavy atom. The van der Waals surface area contributed by atoms with Crippen molar-refractivity contribution in [3.63, 3.8) is 0 Å². The Bertz CT molecular complexity index is 145. The van der Waals surface area contributed by atoms with Crippen molar-refractivity contribution >= 4 is 5.78 Å². The molecule has 0 saturated heterocycles. The van der Waals surface area contributed by atoms with Crippen molar-refractivity contribution in [3.05, 3.63) is 12.2 Å². The summed E-state index contributed by atoms with van der Waals surface area (Å²) in [6, 6.07) is 0. The maximum absolute atomic E-state index is 10.5. The van der Waals surface area contributed by atoms with Crippen LogP contribution in [-0.2, 0) is 4.79 Å². The fraction of sp³-hybridized carbons (Fsp3) is 0.400. The third-order valence-corrected chi connectivity index (χ3v) is 0.948. The van der Waals surface area contributed by atoms with Gasteiger partial charge in [0.05, 0.1) is 0 Å². The minimum Gasteiger partial charge on any atom is -0.297 e. The molecule has 0 aromatic rings. The molecule has 0 rings (SSSR count). The first-order valence-corrected chi connectivity index (χ1v) is 2.42. The van der Waals surface area contributed by atoms with Crippen LogP contribution in [0.15, 0.2) is 12.2 Å². The van der Waals surface area contributed by atoms with Gasteiger partial charge in [-0.2, -0.15) is 0 Å². The molecule has 0 radical (unpaired) electrons. The molecule has 0 bridgehead atoms. The van der Waals surface area contributed by atoms with Crippen LogP contribution < -0.4 is 17.2 Å². The molecule has 9 heavy (non-hydrogen) atoms. The first-order chi connectivity index (χ1) is 3.85. The van der Waals surface area contributed by atoms with E-state index < -0.39 is 5.79 Å². The van der Waals surface area contributed by atoms with Gasteiger partial charge in [0, 0.05) is 5.57 Å². The standard InChI is InChI=1S/C5H11N3O/c1-3(4(2)9)5(6,7)8/h1,6-8H2,2H3. The molecule has 0 heterocycles. The summed E-state index contributed by atoms with van der Waals surface area (Å²) < 4.78 is 0. The van der Waals surface area contributed by atoms with Crippen molar-refractivity contribution in [2.45, 2.75) is 12.7 Å². The molecular formula is C5H11N3O. The Hall–Kier alpha value is -0.710. The normalized spacial score (nSPS) is 11.1. The van der Waals surface area contributed by atoms with Crippen LogP contribution in [0.5, 0.6) is 0 Å². The molecule has 0 aliphatic rings. The van der Waals surface area contributed by atoms with E-state index in [1.54, 1.807) is 0 Å². The maximum Gasteiger partial charge on any atom is 0.159 e. The smallest absolute Gasteiger partial charge is 0.159 e. The molecule has 4 nitrogen and oxygen atoms in total. The SMILES string of the molecule is C=C(C(C)=O)C(N)(N)N. The minimum atomic E-state index is -1.56. The van der Waals surface area contributed by atoms with Crippen LogP contribution in [0.1, 0.15) is 6.92 Å². The number of carbonyl (C=O) groups excluding carboxylic acids is 1. The van der Waals surface area contributed by atoms with Gasteiger partial charge in [-0.05, 0) is 6.92 Å². The third-order valence-electron chi connectivity index (χ3n) is 0.948. The lowest BCUT2D eigenvalue weighted by atomic mass is 10.1. The van der Waals surface area contributed by atoms with Crippen molar-refractivity contribution in [2.75, 3.05) is 0 Å². The second-order valence-electron chi connectivity index (χ2n) is 1.97. The van der Waals surface area contributed by atoms with Gasteiger partial charge in [0.1, 0.15) is 5.79 Å². The molecule has 0 unspecified atom stereocenters. The van der Waals surface area contributed by atoms with Crippen molar-refractivity contribution in [2.24, 2.45) is 17.2 Å². The monoisotopic (exact) mass is 129 g/mol. The molecular weight excluding hydrogens is 118 g/mol. The summed E-state index contributed by atoms with van der Waals surface area (Å²) in [5.74, 6) is -1.85. The predicted molar refractivity (Wildman–Crippen MR) is 35.1 cm³/mol. The zero-order valence-electron chi connectivity index (χ0n) is 5.35. The highest BCUT2D eigenvalue weighted by Crippen LogP contribution is 1.97. The number of nitrogens with two attached hydrogens (primary N) is 3. The highest BCUT2D eigenvalue weighted by Gasteiger charge is 2.19. The van der Waals surface area contributed by atoms with Crippen molar-refractivity contribution < 1.29 is 4.79 Å². The zero-order valence-corrected chi connectivity index (χ0v) is 5.35. The van der Waals surface area contributed by atoms with E-state index in [-0.39, 0.29) is 11.4 Å². The van der Waals surface area contributed by atoms with E-state index in [0.29, 0.717) is 0 Å². The van der Waals surface area contributed by atoms with Gasteiger partial charge >= 0.3 is 0 Å². The number of carbonyl (C=O) groups is 1. The topological polar surface area (TPSA) is 95.1 Å². The van der Waals surface area contributed by atoms with Gasteiger partial charge in [-0.25, -0.2) is 0 Å². The lowest BCUT2D eigenvalue weighted by molar-refractivity contribution is -0.114. The quantitative estimate of drug-likeness (QED) is 0.317. The van der Waals surface area contributed by atoms with Crippen molar-refractivity contribution in [1.82, 2.24) is 0 Å². The predicted octanol–water partition coefficient (Wildman–Crippen LogP) is -1.34. The van der Waals surface area contributed by atoms with Crippen LogP contribution in [0, 0.1) is 0 Å². The molecule has 52 valence electrons. The molecule has 0 amide bonds. The van der Waals surface area contributed by atoms with Gasteiger partial charge in [0.25, 0.3) is 0 Å². The Morgan fingerprint density at radius 3 is 1.78 bits per heavy atom. The summed E-state index contributed by atoms with van der Waals surface area (Å²) in [5.41, 5.74) is 15.4. The molecule has 0 aliphatic heterocycles. The lowest BCUT2D eigenvalue weighted by Gasteiger charge is -2.18. The third kappa shape index (κ3) is 2.36. The second kappa shape index (κ2) is 2.26. The summed E-state index contributed by atoms with van der Waals surface area (Å²) in [6.07, 6.45) is 0. The van der Waals surface area contributed by atoms with E-state index in [4.69, 9.17) is 17.2 Å². The molecule has 0 aromatic heterocycles. The summed E-state index contributed by atoms with van der Waals surface area (Å²) in [5, 5.41) is 0. The molecule has 0 aromatic carbocycles. The summed E-state index contributed by atoms with van der Waals surface area (Å²) in [6.45, 7) is 4.61. The van der Waals surface area contributed by atoms with Crippen LogP contribution in [0.4, 0.5) is 0 Å². The van der Waals surface area contributed by atoms with Crippen LogP contribution in [0.3, 0.4) is 0 Å². The zero-order chi connectivity index (χ0) is 7.65. The van der Waals surface area contributed by atoms with Crippen LogP contribution in [-0.4, -0.2) is 11.6 Å². The molecule has 0 atom stereocenters. The fourth-order valence-corrected chi connectivity index (χ4v) is 0.305. The molecule has 0 saturated carbocycles. The average molecular weight is 129 g/mol. The number of rotatable bonds is 2. The van der Waals surface area contributed by atoms with Crippen LogP contribution in [0.25, 0.3) is 0 Å². The fourth-order valence-electron chi connectivity index (χ4n) is 0.305. The van der Waals surface area contributed by atoms with Crippen molar-refractivity contribution in [1.29, 1.82) is 0 Å². The highest BCUT2D eigenvalue weighted by molar-refractivity contribution is 5.94. The molecule has 6 N–H and O–H groups in total. The summed E-state index contributed by atoms with van der Waals surface area (Å²) in [7, 11) is 0. The number of hydrogen-bond acceptors (Lipinski definition) is 4. The van der Waals surface area contributed by atoms with Gasteiger partial charge in [-0.1, -0.05) is 6.58 Å². The van der Waals surface area contributed by atoms with Gasteiger partial charge in [0.15, 0.2) is 5.78 Å². The Labute approximate surface area is 53.7 Å². The van der Waals surface area contributed by atoms with Gasteiger partial charge in [-0.15, -0.1) is 0 Å². The largest absolute Gasteiger partial charge is 0.297 e. The van der Waals surface area contributed by atoms with Crippen LogP contribution in [0.2, 0.25) is 0 Å². The Kier molecular flexibility index (Phi) is 2.08. The molecule has 4 heteroatoms. The minimum absolute atomic E-state index is 0.0301. The summed E-state index contributed by atoms with van der Waals surface area (Å²) in [4.78, 5) is 10.5. The van der Waals surface area contributed by atoms with Crippen molar-refractivity contribution in [3.8, 4) is 0 Å². The number of Topliss-reactive ketones (excluding diaryl/α,β-unsaturated/α-hetero) is 1.